The van der Waals surface area contributed by atoms with Gasteiger partial charge >= 0.3 is 0 Å². The molecule has 0 aliphatic heterocycles. The van der Waals surface area contributed by atoms with Crippen LogP contribution >= 0.6 is 15.9 Å². The van der Waals surface area contributed by atoms with Crippen molar-refractivity contribution in [2.45, 2.75) is 6.61 Å². The number of benzene rings is 3. The number of hydrazone groups is 1. The minimum absolute atomic E-state index is 0.177. The smallest absolute Gasteiger partial charge is 0.259 e. The molecule has 7 nitrogen and oxygen atoms in total. The number of nitrogens with zero attached hydrogens (tertiary/aromatic N) is 1. The Bertz CT molecular complexity index is 1060. The average molecular weight is 496 g/mol. The zero-order chi connectivity index (χ0) is 22.6. The Morgan fingerprint density at radius 1 is 0.875 bits per heavy atom. The largest absolute Gasteiger partial charge is 0.488 e. The number of carbonyl (C=O) groups excluding carboxylic acids is 2. The maximum atomic E-state index is 11.9. The molecular weight excluding hydrogens is 474 g/mol. The quantitative estimate of drug-likeness (QED) is 0.331. The van der Waals surface area contributed by atoms with Crippen LogP contribution in [-0.2, 0) is 16.2 Å². The molecule has 0 bridgehead atoms. The second-order valence-electron chi connectivity index (χ2n) is 6.62. The molecule has 0 saturated carbocycles. The first kappa shape index (κ1) is 23.0. The normalized spacial score (nSPS) is 10.5. The lowest BCUT2D eigenvalue weighted by atomic mass is 10.2. The minimum atomic E-state index is -0.456. The summed E-state index contributed by atoms with van der Waals surface area (Å²) in [6, 6.07) is 24.2. The molecule has 2 amide bonds. The molecule has 0 saturated heterocycles. The minimum Gasteiger partial charge on any atom is -0.488 e. The van der Waals surface area contributed by atoms with Crippen molar-refractivity contribution < 1.29 is 19.1 Å². The highest BCUT2D eigenvalue weighted by molar-refractivity contribution is 9.10. The lowest BCUT2D eigenvalue weighted by molar-refractivity contribution is -0.127. The van der Waals surface area contributed by atoms with Crippen LogP contribution < -0.4 is 20.2 Å². The van der Waals surface area contributed by atoms with Crippen molar-refractivity contribution in [1.82, 2.24) is 10.7 Å². The van der Waals surface area contributed by atoms with E-state index in [0.29, 0.717) is 23.7 Å². The molecule has 0 atom stereocenters. The van der Waals surface area contributed by atoms with E-state index in [9.17, 15) is 9.59 Å². The fraction of sp³-hybridized carbons (Fsp3) is 0.125. The number of halogens is 1. The number of amides is 2. The van der Waals surface area contributed by atoms with E-state index in [-0.39, 0.29) is 13.2 Å². The summed E-state index contributed by atoms with van der Waals surface area (Å²) in [6.45, 7) is 0.0151. The Morgan fingerprint density at radius 2 is 1.59 bits per heavy atom. The van der Waals surface area contributed by atoms with Crippen LogP contribution in [0.15, 0.2) is 88.4 Å². The van der Waals surface area contributed by atoms with Gasteiger partial charge in [0.2, 0.25) is 0 Å². The van der Waals surface area contributed by atoms with Crippen molar-refractivity contribution in [3.63, 3.8) is 0 Å². The van der Waals surface area contributed by atoms with Gasteiger partial charge in [-0.15, -0.1) is 0 Å². The van der Waals surface area contributed by atoms with Gasteiger partial charge in [0.25, 0.3) is 11.8 Å². The van der Waals surface area contributed by atoms with E-state index in [2.05, 4.69) is 31.8 Å². The van der Waals surface area contributed by atoms with Crippen LogP contribution in [0.1, 0.15) is 11.1 Å². The highest BCUT2D eigenvalue weighted by Crippen LogP contribution is 2.18. The summed E-state index contributed by atoms with van der Waals surface area (Å²) in [5.41, 5.74) is 4.12. The molecule has 164 valence electrons. The molecule has 0 aromatic heterocycles. The number of rotatable bonds is 10. The van der Waals surface area contributed by atoms with E-state index >= 15 is 0 Å². The first-order valence-electron chi connectivity index (χ1n) is 9.83. The molecule has 0 aliphatic rings. The fourth-order valence-electron chi connectivity index (χ4n) is 2.57. The molecule has 3 rings (SSSR count). The van der Waals surface area contributed by atoms with Crippen molar-refractivity contribution in [3.8, 4) is 11.5 Å². The molecule has 2 N–H and O–H groups in total. The van der Waals surface area contributed by atoms with E-state index in [1.54, 1.807) is 12.1 Å². The summed E-state index contributed by atoms with van der Waals surface area (Å²) >= 11 is 3.41. The number of carbonyl (C=O) groups is 2. The van der Waals surface area contributed by atoms with Crippen molar-refractivity contribution in [2.75, 3.05) is 13.2 Å². The molecule has 0 fully saturated rings. The Balaban J connectivity index is 1.42. The zero-order valence-electron chi connectivity index (χ0n) is 17.2. The lowest BCUT2D eigenvalue weighted by Gasteiger charge is -2.09. The van der Waals surface area contributed by atoms with Gasteiger partial charge in [0.1, 0.15) is 18.1 Å². The van der Waals surface area contributed by atoms with Gasteiger partial charge in [-0.3, -0.25) is 9.59 Å². The van der Waals surface area contributed by atoms with Gasteiger partial charge in [0.05, 0.1) is 12.8 Å². The van der Waals surface area contributed by atoms with E-state index in [4.69, 9.17) is 9.47 Å². The summed E-state index contributed by atoms with van der Waals surface area (Å²) in [5, 5.41) is 6.42. The fourth-order valence-corrected chi connectivity index (χ4v) is 2.83. The van der Waals surface area contributed by atoms with Gasteiger partial charge in [0, 0.05) is 10.0 Å². The van der Waals surface area contributed by atoms with Gasteiger partial charge in [-0.25, -0.2) is 5.43 Å². The predicted molar refractivity (Wildman–Crippen MR) is 126 cm³/mol. The number of hydrogen-bond acceptors (Lipinski definition) is 5. The van der Waals surface area contributed by atoms with Crippen molar-refractivity contribution >= 4 is 34.0 Å². The highest BCUT2D eigenvalue weighted by Gasteiger charge is 2.06. The van der Waals surface area contributed by atoms with Crippen LogP contribution in [0.2, 0.25) is 0 Å². The highest BCUT2D eigenvalue weighted by atomic mass is 79.9. The van der Waals surface area contributed by atoms with Gasteiger partial charge in [-0.1, -0.05) is 58.4 Å². The molecule has 0 aliphatic carbocycles. The third-order valence-corrected chi connectivity index (χ3v) is 4.71. The molecule has 3 aromatic rings. The van der Waals surface area contributed by atoms with Crippen LogP contribution in [0.5, 0.6) is 11.5 Å². The van der Waals surface area contributed by atoms with E-state index < -0.39 is 11.8 Å². The lowest BCUT2D eigenvalue weighted by Crippen LogP contribution is -2.37. The topological polar surface area (TPSA) is 89.0 Å². The molecule has 32 heavy (non-hydrogen) atoms. The Kier molecular flexibility index (Phi) is 8.82. The summed E-state index contributed by atoms with van der Waals surface area (Å²) < 4.78 is 12.2. The summed E-state index contributed by atoms with van der Waals surface area (Å²) in [5.74, 6) is 0.361. The zero-order valence-corrected chi connectivity index (χ0v) is 18.7. The van der Waals surface area contributed by atoms with Crippen LogP contribution in [0, 0.1) is 0 Å². The SMILES string of the molecule is O=C(COc1ccccc1)NCC(=O)N/N=C\c1ccccc1OCc1ccc(Br)cc1. The van der Waals surface area contributed by atoms with E-state index in [1.165, 1.54) is 6.21 Å². The first-order valence-corrected chi connectivity index (χ1v) is 10.6. The van der Waals surface area contributed by atoms with Crippen molar-refractivity contribution in [3.05, 3.63) is 94.5 Å². The number of hydrogen-bond donors (Lipinski definition) is 2. The Hall–Kier alpha value is -3.65. The predicted octanol–water partition coefficient (Wildman–Crippen LogP) is 3.67. The van der Waals surface area contributed by atoms with Crippen LogP contribution in [0.25, 0.3) is 0 Å². The Morgan fingerprint density at radius 3 is 2.38 bits per heavy atom. The van der Waals surface area contributed by atoms with Gasteiger partial charge in [0.15, 0.2) is 6.61 Å². The maximum Gasteiger partial charge on any atom is 0.259 e. The second-order valence-corrected chi connectivity index (χ2v) is 7.54. The van der Waals surface area contributed by atoms with Gasteiger partial charge < -0.3 is 14.8 Å². The standard InChI is InChI=1S/C24H22BrN3O4/c25-20-12-10-18(11-13-20)16-32-22-9-5-4-6-19(22)14-27-28-23(29)15-26-24(30)17-31-21-7-2-1-3-8-21/h1-14H,15-17H2,(H,26,30)(H,28,29)/b27-14-. The Labute approximate surface area is 194 Å². The monoisotopic (exact) mass is 495 g/mol. The van der Waals surface area contributed by atoms with Crippen molar-refractivity contribution in [1.29, 1.82) is 0 Å². The summed E-state index contributed by atoms with van der Waals surface area (Å²) in [4.78, 5) is 23.7. The molecule has 0 radical (unpaired) electrons. The molecular formula is C24H22BrN3O4. The van der Waals surface area contributed by atoms with Crippen LogP contribution in [-0.4, -0.2) is 31.2 Å². The number of para-hydroxylation sites is 2. The van der Waals surface area contributed by atoms with E-state index in [1.807, 2.05) is 66.7 Å². The maximum absolute atomic E-state index is 11.9. The molecule has 0 heterocycles. The number of nitrogens with one attached hydrogen (secondary N) is 2. The number of ether oxygens (including phenoxy) is 2. The average Bonchev–Trinajstić information content (AvgIpc) is 2.82. The third-order valence-electron chi connectivity index (χ3n) is 4.18. The van der Waals surface area contributed by atoms with Crippen LogP contribution in [0.3, 0.4) is 0 Å². The molecule has 3 aromatic carbocycles. The molecule has 0 unspecified atom stereocenters. The third kappa shape index (κ3) is 7.88. The summed E-state index contributed by atoms with van der Waals surface area (Å²) in [6.07, 6.45) is 1.50. The summed E-state index contributed by atoms with van der Waals surface area (Å²) in [7, 11) is 0. The van der Waals surface area contributed by atoms with Gasteiger partial charge in [-0.2, -0.15) is 5.10 Å². The van der Waals surface area contributed by atoms with Crippen molar-refractivity contribution in [2.24, 2.45) is 5.10 Å². The first-order chi connectivity index (χ1) is 15.6. The second kappa shape index (κ2) is 12.3. The van der Waals surface area contributed by atoms with E-state index in [0.717, 1.165) is 10.0 Å². The van der Waals surface area contributed by atoms with Gasteiger partial charge in [-0.05, 0) is 42.0 Å². The molecule has 0 spiro atoms. The molecule has 8 heteroatoms. The van der Waals surface area contributed by atoms with Crippen LogP contribution in [0.4, 0.5) is 0 Å².